The summed E-state index contributed by atoms with van der Waals surface area (Å²) in [5.74, 6) is 0.721. The van der Waals surface area contributed by atoms with Crippen LogP contribution in [0.1, 0.15) is 32.3 Å². The van der Waals surface area contributed by atoms with Crippen molar-refractivity contribution in [3.05, 3.63) is 29.8 Å². The molecule has 1 nitrogen and oxygen atoms in total. The molecule has 13 heavy (non-hydrogen) atoms. The normalized spacial score (nSPS) is 8.62. The van der Waals surface area contributed by atoms with Crippen LogP contribution in [0.5, 0.6) is 5.75 Å². The number of benzene rings is 1. The van der Waals surface area contributed by atoms with Gasteiger partial charge in [0.2, 0.25) is 0 Å². The van der Waals surface area contributed by atoms with Gasteiger partial charge in [0.1, 0.15) is 17.6 Å². The summed E-state index contributed by atoms with van der Waals surface area (Å²) in [5.41, 5.74) is 1.05. The van der Waals surface area contributed by atoms with Crippen molar-refractivity contribution in [2.24, 2.45) is 0 Å². The van der Waals surface area contributed by atoms with Gasteiger partial charge in [0.15, 0.2) is 0 Å². The lowest BCUT2D eigenvalue weighted by Gasteiger charge is -1.97. The van der Waals surface area contributed by atoms with Gasteiger partial charge in [-0.3, -0.25) is 0 Å². The standard InChI is InChI=1S/C7H7ClO.C4H10/c1-6-4-2-3-5-7(6)9-8;1-3-4-2/h2-5H,1H3;3-4H2,1-2H3. The highest BCUT2D eigenvalue weighted by Crippen LogP contribution is 2.16. The molecule has 0 radical (unpaired) electrons. The van der Waals surface area contributed by atoms with Crippen LogP contribution in [0.15, 0.2) is 24.3 Å². The molecule has 0 heterocycles. The summed E-state index contributed by atoms with van der Waals surface area (Å²) < 4.78 is 4.52. The van der Waals surface area contributed by atoms with Gasteiger partial charge in [-0.15, -0.1) is 0 Å². The van der Waals surface area contributed by atoms with Crippen molar-refractivity contribution in [3.8, 4) is 5.75 Å². The first-order valence-corrected chi connectivity index (χ1v) is 4.91. The second kappa shape index (κ2) is 7.93. The number of rotatable bonds is 2. The first-order chi connectivity index (χ1) is 6.26. The Morgan fingerprint density at radius 2 is 1.69 bits per heavy atom. The third kappa shape index (κ3) is 5.53. The lowest BCUT2D eigenvalue weighted by atomic mass is 10.2. The third-order valence-electron chi connectivity index (χ3n) is 1.68. The Morgan fingerprint density at radius 1 is 1.15 bits per heavy atom. The Bertz CT molecular complexity index is 221. The number of unbranched alkanes of at least 4 members (excludes halogenated alkanes) is 1. The Hall–Kier alpha value is -0.690. The highest BCUT2D eigenvalue weighted by Gasteiger charge is 1.92. The Balaban J connectivity index is 0.000000310. The second-order valence-corrected chi connectivity index (χ2v) is 3.00. The predicted molar refractivity (Wildman–Crippen MR) is 58.2 cm³/mol. The highest BCUT2D eigenvalue weighted by molar-refractivity contribution is 6.09. The van der Waals surface area contributed by atoms with Crippen LogP contribution in [0.4, 0.5) is 0 Å². The summed E-state index contributed by atoms with van der Waals surface area (Å²) in [4.78, 5) is 0. The molecule has 2 heteroatoms. The van der Waals surface area contributed by atoms with Crippen molar-refractivity contribution in [2.75, 3.05) is 0 Å². The number of hydrogen-bond donors (Lipinski definition) is 0. The zero-order valence-electron chi connectivity index (χ0n) is 8.51. The minimum absolute atomic E-state index is 0.721. The second-order valence-electron chi connectivity index (χ2n) is 2.84. The maximum Gasteiger partial charge on any atom is 0.149 e. The van der Waals surface area contributed by atoms with Crippen molar-refractivity contribution < 1.29 is 4.29 Å². The average molecular weight is 201 g/mol. The van der Waals surface area contributed by atoms with Crippen molar-refractivity contribution in [3.63, 3.8) is 0 Å². The van der Waals surface area contributed by atoms with Crippen molar-refractivity contribution in [1.82, 2.24) is 0 Å². The topological polar surface area (TPSA) is 9.23 Å². The highest BCUT2D eigenvalue weighted by atomic mass is 35.5. The quantitative estimate of drug-likeness (QED) is 0.691. The van der Waals surface area contributed by atoms with Crippen LogP contribution in [0.25, 0.3) is 0 Å². The maximum atomic E-state index is 5.13. The minimum atomic E-state index is 0.721. The van der Waals surface area contributed by atoms with E-state index in [1.807, 2.05) is 31.2 Å². The molecule has 0 amide bonds. The van der Waals surface area contributed by atoms with Crippen LogP contribution in [-0.4, -0.2) is 0 Å². The molecule has 0 aliphatic heterocycles. The zero-order valence-corrected chi connectivity index (χ0v) is 9.27. The van der Waals surface area contributed by atoms with Gasteiger partial charge in [-0.05, 0) is 18.6 Å². The van der Waals surface area contributed by atoms with Gasteiger partial charge in [0, 0.05) is 0 Å². The van der Waals surface area contributed by atoms with Gasteiger partial charge in [0.25, 0.3) is 0 Å². The van der Waals surface area contributed by atoms with Crippen LogP contribution in [0, 0.1) is 6.92 Å². The predicted octanol–water partition coefficient (Wildman–Crippen LogP) is 4.33. The van der Waals surface area contributed by atoms with Crippen molar-refractivity contribution >= 4 is 11.9 Å². The molecule has 0 spiro atoms. The molecule has 0 N–H and O–H groups in total. The number of hydrogen-bond acceptors (Lipinski definition) is 1. The monoisotopic (exact) mass is 200 g/mol. The fourth-order valence-corrected chi connectivity index (χ4v) is 0.816. The van der Waals surface area contributed by atoms with E-state index in [9.17, 15) is 0 Å². The molecule has 0 fully saturated rings. The SMILES string of the molecule is CCCC.Cc1ccccc1OCl. The molecule has 1 aromatic rings. The van der Waals surface area contributed by atoms with Crippen molar-refractivity contribution in [1.29, 1.82) is 0 Å². The van der Waals surface area contributed by atoms with E-state index in [1.165, 1.54) is 12.8 Å². The van der Waals surface area contributed by atoms with E-state index in [2.05, 4.69) is 18.1 Å². The average Bonchev–Trinajstić information content (AvgIpc) is 2.19. The van der Waals surface area contributed by atoms with Gasteiger partial charge in [-0.2, -0.15) is 0 Å². The van der Waals surface area contributed by atoms with E-state index in [4.69, 9.17) is 11.9 Å². The first-order valence-electron chi connectivity index (χ1n) is 4.60. The van der Waals surface area contributed by atoms with Crippen LogP contribution >= 0.6 is 11.9 Å². The fourth-order valence-electron chi connectivity index (χ4n) is 0.643. The molecular weight excluding hydrogens is 184 g/mol. The summed E-state index contributed by atoms with van der Waals surface area (Å²) >= 11 is 5.13. The van der Waals surface area contributed by atoms with E-state index in [0.29, 0.717) is 0 Å². The molecule has 0 aliphatic rings. The van der Waals surface area contributed by atoms with E-state index < -0.39 is 0 Å². The van der Waals surface area contributed by atoms with Gasteiger partial charge in [0.05, 0.1) is 0 Å². The molecule has 0 aliphatic carbocycles. The van der Waals surface area contributed by atoms with Gasteiger partial charge in [-0.1, -0.05) is 44.9 Å². The smallest absolute Gasteiger partial charge is 0.149 e. The number of aryl methyl sites for hydroxylation is 1. The zero-order chi connectivity index (χ0) is 10.1. The van der Waals surface area contributed by atoms with Gasteiger partial charge >= 0.3 is 0 Å². The lowest BCUT2D eigenvalue weighted by molar-refractivity contribution is 0.613. The molecule has 0 saturated heterocycles. The largest absolute Gasteiger partial charge is 0.385 e. The number of halogens is 1. The molecule has 0 unspecified atom stereocenters. The number of para-hydroxylation sites is 1. The molecule has 1 aromatic carbocycles. The van der Waals surface area contributed by atoms with E-state index in [-0.39, 0.29) is 0 Å². The molecule has 0 bridgehead atoms. The molecule has 0 saturated carbocycles. The molecule has 0 aromatic heterocycles. The minimum Gasteiger partial charge on any atom is -0.385 e. The van der Waals surface area contributed by atoms with Gasteiger partial charge in [-0.25, -0.2) is 0 Å². The molecule has 74 valence electrons. The molecular formula is C11H17ClO. The Morgan fingerprint density at radius 3 is 2.00 bits per heavy atom. The van der Waals surface area contributed by atoms with Crippen LogP contribution in [0.3, 0.4) is 0 Å². The summed E-state index contributed by atoms with van der Waals surface area (Å²) in [6, 6.07) is 7.58. The van der Waals surface area contributed by atoms with Crippen LogP contribution in [0.2, 0.25) is 0 Å². The van der Waals surface area contributed by atoms with Crippen LogP contribution in [-0.2, 0) is 0 Å². The molecule has 1 rings (SSSR count). The summed E-state index contributed by atoms with van der Waals surface area (Å²) in [6.45, 7) is 6.30. The fraction of sp³-hybridized carbons (Fsp3) is 0.455. The van der Waals surface area contributed by atoms with Crippen LogP contribution < -0.4 is 4.29 Å². The lowest BCUT2D eigenvalue weighted by Crippen LogP contribution is -1.77. The van der Waals surface area contributed by atoms with E-state index in [0.717, 1.165) is 11.3 Å². The first kappa shape index (κ1) is 12.3. The van der Waals surface area contributed by atoms with Crippen molar-refractivity contribution in [2.45, 2.75) is 33.6 Å². The summed E-state index contributed by atoms with van der Waals surface area (Å²) in [5, 5.41) is 0. The third-order valence-corrected chi connectivity index (χ3v) is 1.84. The van der Waals surface area contributed by atoms with Gasteiger partial charge < -0.3 is 4.29 Å². The maximum absolute atomic E-state index is 5.13. The Labute approximate surface area is 85.9 Å². The Kier molecular flexibility index (Phi) is 7.51. The van der Waals surface area contributed by atoms with E-state index in [1.54, 1.807) is 0 Å². The molecule has 0 atom stereocenters. The summed E-state index contributed by atoms with van der Waals surface area (Å²) in [7, 11) is 0. The van der Waals surface area contributed by atoms with E-state index >= 15 is 0 Å². The summed E-state index contributed by atoms with van der Waals surface area (Å²) in [6.07, 6.45) is 2.64.